The van der Waals surface area contributed by atoms with Gasteiger partial charge in [-0.15, -0.1) is 29.0 Å². The number of nitroso groups, excluding NO2 is 2. The number of piperidine rings is 1. The van der Waals surface area contributed by atoms with Gasteiger partial charge in [-0.05, 0) is 38.0 Å². The van der Waals surface area contributed by atoms with Crippen LogP contribution in [-0.4, -0.2) is 30.8 Å². The Balaban J connectivity index is 0. The van der Waals surface area contributed by atoms with Crippen LogP contribution in [0.15, 0.2) is 67.3 Å². The van der Waals surface area contributed by atoms with Crippen LogP contribution in [0.4, 0.5) is 0 Å². The molecule has 1 atom stereocenters. The number of hydrazone groups is 2. The monoisotopic (exact) mass is 694 g/mol. The summed E-state index contributed by atoms with van der Waals surface area (Å²) in [6.07, 6.45) is 8.76. The molecule has 1 saturated heterocycles. The van der Waals surface area contributed by atoms with Crippen LogP contribution in [0, 0.1) is 9.81 Å². The average molecular weight is 696 g/mol. The standard InChI is InChI=1S/C10H18N5O.C10H14N5O.4ClH.2Mn/c2*1-7(8(2)15-16)13-14-10(11)9-5-3-4-6-12-9;;;;;;/h9,13H,3-6H2,1-2H3,(H2,11,14);3-5,13H,6H2,1-2H3,(H2,11,14);4*1H;;/q2*-1;;;;;2*+2/p-4. The van der Waals surface area contributed by atoms with Gasteiger partial charge in [0.05, 0.1) is 11.4 Å². The van der Waals surface area contributed by atoms with Crippen molar-refractivity contribution >= 4 is 52.1 Å². The minimum atomic E-state index is 0.00694. The zero-order chi connectivity index (χ0) is 29.3. The van der Waals surface area contributed by atoms with Crippen molar-refractivity contribution in [2.75, 3.05) is 13.1 Å². The molecule has 18 heteroatoms. The second-order valence-corrected chi connectivity index (χ2v) is 11.1. The number of hydrogen-bond donors (Lipinski definition) is 4. The predicted octanol–water partition coefficient (Wildman–Crippen LogP) is 6.24. The van der Waals surface area contributed by atoms with Crippen molar-refractivity contribution in [3.8, 4) is 0 Å². The SMILES string of the molecule is CC(N=O)=C(C)NN=C(N)C1=CC=CC[N-]1.CC(N=O)=C(C)NN=C(N)C1CCCC[N-]1.[Cl][Mn][Cl].[Cl][Mn][Cl]. The number of rotatable bonds is 8. The number of allylic oxidation sites excluding steroid dienone is 6. The number of amidine groups is 2. The molecule has 0 aromatic rings. The first-order chi connectivity index (χ1) is 18.1. The van der Waals surface area contributed by atoms with Crippen molar-refractivity contribution < 1.29 is 26.3 Å². The first-order valence-electron chi connectivity index (χ1n) is 10.8. The van der Waals surface area contributed by atoms with E-state index in [-0.39, 0.29) is 38.1 Å². The summed E-state index contributed by atoms with van der Waals surface area (Å²) in [5.74, 6) is 0.750. The van der Waals surface area contributed by atoms with Gasteiger partial charge in [0, 0.05) is 0 Å². The summed E-state index contributed by atoms with van der Waals surface area (Å²) in [7, 11) is 19.2. The summed E-state index contributed by atoms with van der Waals surface area (Å²) in [5, 5.41) is 22.0. The van der Waals surface area contributed by atoms with Crippen molar-refractivity contribution in [2.45, 2.75) is 53.0 Å². The number of nitrogens with two attached hydrogens (primary N) is 2. The van der Waals surface area contributed by atoms with Crippen LogP contribution in [0.5, 0.6) is 0 Å². The van der Waals surface area contributed by atoms with Crippen LogP contribution in [0.3, 0.4) is 0 Å². The van der Waals surface area contributed by atoms with Gasteiger partial charge in [0.15, 0.2) is 0 Å². The molecule has 0 amide bonds. The van der Waals surface area contributed by atoms with E-state index in [0.29, 0.717) is 40.9 Å². The van der Waals surface area contributed by atoms with Crippen molar-refractivity contribution in [2.24, 2.45) is 32.0 Å². The van der Waals surface area contributed by atoms with Gasteiger partial charge >= 0.3 is 66.7 Å². The van der Waals surface area contributed by atoms with E-state index in [0.717, 1.165) is 25.8 Å². The molecule has 0 aliphatic carbocycles. The molecule has 2 rings (SSSR count). The molecule has 0 saturated carbocycles. The summed E-state index contributed by atoms with van der Waals surface area (Å²) < 4.78 is 0. The maximum absolute atomic E-state index is 10.2. The predicted molar refractivity (Wildman–Crippen MR) is 153 cm³/mol. The molecule has 0 bridgehead atoms. The topological polar surface area (TPSA) is 188 Å². The van der Waals surface area contributed by atoms with E-state index in [1.807, 2.05) is 12.2 Å². The molecule has 12 nitrogen and oxygen atoms in total. The molecule has 0 aromatic heterocycles. The Morgan fingerprint density at radius 2 is 1.47 bits per heavy atom. The van der Waals surface area contributed by atoms with Crippen LogP contribution in [0.25, 0.3) is 10.6 Å². The van der Waals surface area contributed by atoms with Gasteiger partial charge in [-0.1, -0.05) is 43.2 Å². The van der Waals surface area contributed by atoms with Crippen molar-refractivity contribution in [3.63, 3.8) is 0 Å². The second-order valence-electron chi connectivity index (χ2n) is 7.21. The molecule has 38 heavy (non-hydrogen) atoms. The van der Waals surface area contributed by atoms with Gasteiger partial charge < -0.3 is 22.1 Å². The Kier molecular flexibility index (Phi) is 26.5. The minimum absolute atomic E-state index is 0.00694. The molecule has 1 unspecified atom stereocenters. The molecule has 0 spiro atoms. The zero-order valence-corrected chi connectivity index (χ0v) is 26.7. The number of nitrogens with one attached hydrogen (secondary N) is 2. The van der Waals surface area contributed by atoms with E-state index in [4.69, 9.17) is 51.9 Å². The quantitative estimate of drug-likeness (QED) is 0.0765. The van der Waals surface area contributed by atoms with E-state index in [1.165, 1.54) is 0 Å². The van der Waals surface area contributed by atoms with Crippen molar-refractivity contribution in [1.82, 2.24) is 10.9 Å². The maximum atomic E-state index is 10.2. The van der Waals surface area contributed by atoms with Crippen molar-refractivity contribution in [3.05, 3.63) is 67.2 Å². The molecule has 2 aliphatic rings. The first kappa shape index (κ1) is 38.8. The third-order valence-corrected chi connectivity index (χ3v) is 4.65. The average Bonchev–Trinajstić information content (AvgIpc) is 2.95. The van der Waals surface area contributed by atoms with Crippen molar-refractivity contribution in [1.29, 1.82) is 0 Å². The van der Waals surface area contributed by atoms with E-state index in [1.54, 1.807) is 33.8 Å². The Hall–Kier alpha value is -1.34. The number of hydrogen-bond acceptors (Lipinski definition) is 8. The molecule has 6 N–H and O–H groups in total. The summed E-state index contributed by atoms with van der Waals surface area (Å²) in [6, 6.07) is 0.0125. The van der Waals surface area contributed by atoms with Crippen LogP contribution < -0.4 is 22.3 Å². The second kappa shape index (κ2) is 25.9. The molecule has 2 heterocycles. The summed E-state index contributed by atoms with van der Waals surface area (Å²) in [5.41, 5.74) is 19.4. The Morgan fingerprint density at radius 1 is 0.947 bits per heavy atom. The first-order valence-corrected chi connectivity index (χ1v) is 17.3. The number of nitrogens with zero attached hydrogens (tertiary/aromatic N) is 6. The molecule has 2 aliphatic heterocycles. The van der Waals surface area contributed by atoms with Gasteiger partial charge in [0.2, 0.25) is 0 Å². The van der Waals surface area contributed by atoms with Gasteiger partial charge in [0.25, 0.3) is 0 Å². The molecular weight excluding hydrogens is 664 g/mol. The summed E-state index contributed by atoms with van der Waals surface area (Å²) in [4.78, 5) is 20.5. The normalized spacial score (nSPS) is 18.1. The fraction of sp³-hybridized carbons (Fsp3) is 0.500. The van der Waals surface area contributed by atoms with Gasteiger partial charge in [-0.3, -0.25) is 10.9 Å². The van der Waals surface area contributed by atoms with Crippen LogP contribution in [-0.2, 0) is 26.3 Å². The van der Waals surface area contributed by atoms with Gasteiger partial charge in [0.1, 0.15) is 23.1 Å². The molecule has 0 radical (unpaired) electrons. The summed E-state index contributed by atoms with van der Waals surface area (Å²) in [6.45, 7) is 8.09. The van der Waals surface area contributed by atoms with E-state index < -0.39 is 0 Å². The van der Waals surface area contributed by atoms with Gasteiger partial charge in [-0.2, -0.15) is 10.2 Å². The molecular formula is C20H32Cl4Mn2N10O2-2. The molecule has 218 valence electrons. The van der Waals surface area contributed by atoms with E-state index in [9.17, 15) is 9.81 Å². The zero-order valence-electron chi connectivity index (χ0n) is 21.3. The Bertz CT molecular complexity index is 891. The van der Waals surface area contributed by atoms with Crippen LogP contribution >= 0.6 is 40.4 Å². The third-order valence-electron chi connectivity index (χ3n) is 4.65. The van der Waals surface area contributed by atoms with Gasteiger partial charge in [-0.25, -0.2) is 0 Å². The fourth-order valence-corrected chi connectivity index (χ4v) is 2.34. The van der Waals surface area contributed by atoms with Crippen LogP contribution in [0.1, 0.15) is 47.0 Å². The van der Waals surface area contributed by atoms with E-state index in [2.05, 4.69) is 42.0 Å². The number of halogens is 4. The Labute approximate surface area is 253 Å². The summed E-state index contributed by atoms with van der Waals surface area (Å²) >= 11 is 0.0139. The Morgan fingerprint density at radius 3 is 1.89 bits per heavy atom. The third kappa shape index (κ3) is 19.7. The molecule has 0 aromatic carbocycles. The van der Waals surface area contributed by atoms with E-state index >= 15 is 0 Å². The molecule has 1 fully saturated rings. The fourth-order valence-electron chi connectivity index (χ4n) is 2.34. The van der Waals surface area contributed by atoms with Crippen LogP contribution in [0.2, 0.25) is 0 Å².